The number of imidazole rings is 1. The van der Waals surface area contributed by atoms with Gasteiger partial charge in [-0.05, 0) is 152 Å². The number of methoxy groups -OCH3 is 1. The number of carbonyl (C=O) groups excluding carboxylic acids is 11. The Labute approximate surface area is 723 Å². The summed E-state index contributed by atoms with van der Waals surface area (Å²) in [5.41, 5.74) is 5.41. The Morgan fingerprint density at radius 1 is 0.504 bits per heavy atom. The number of hydrogen-bond donors (Lipinski definition) is 18. The van der Waals surface area contributed by atoms with E-state index < -0.39 is 151 Å². The van der Waals surface area contributed by atoms with Crippen LogP contribution in [0, 0.1) is 52.4 Å². The highest BCUT2D eigenvalue weighted by molar-refractivity contribution is 7.99. The molecule has 8 atom stereocenters. The van der Waals surface area contributed by atoms with Gasteiger partial charge in [0.25, 0.3) is 20.0 Å². The minimum atomic E-state index is -4.42. The molecule has 0 fully saturated rings. The second kappa shape index (κ2) is 43.0. The van der Waals surface area contributed by atoms with Gasteiger partial charge in [-0.2, -0.15) is 0 Å². The molecule has 6 aromatic rings. The number of fused-ring (bicyclic) bond motifs is 3. The van der Waals surface area contributed by atoms with Crippen molar-refractivity contribution in [3.05, 3.63) is 135 Å². The molecule has 10 amide bonds. The zero-order valence-corrected chi connectivity index (χ0v) is 74.8. The normalized spacial score (nSPS) is 15.0. The molecule has 0 aliphatic carbocycles. The Hall–Kier alpha value is -11.5. The third-order valence-corrected chi connectivity index (χ3v) is 25.8. The summed E-state index contributed by atoms with van der Waals surface area (Å²) in [6.45, 7) is 22.6. The van der Waals surface area contributed by atoms with Crippen molar-refractivity contribution >= 4 is 131 Å². The molecular formula is C82H113N19O18S4. The maximum Gasteiger partial charge on any atom is 0.329 e. The molecule has 0 bridgehead atoms. The number of H-pyrrole nitrogens is 2. The molecule has 123 heavy (non-hydrogen) atoms. The van der Waals surface area contributed by atoms with Crippen LogP contribution in [0.1, 0.15) is 142 Å². The molecule has 0 saturated carbocycles. The molecule has 8 rings (SSSR count). The standard InChI is InChI=1S/C82H113N19O18S4/c1-43-45(3)69(47(5)57-34-81(11,12)118-67(43)57)122(113,114)100-79(83)86-29-21-27-60(93-52(10)104)72(106)98-65(38-120-41-90-50(8)102)77(111)92-49(7)71(105)95-64(33-55-37-85-40-89-55)76(110)96-62(31-53-23-17-16-18-24-53)74(108)94-61(28-22-30-87-80(84)101-123(115,116)70-46(4)44(2)68-58(48(70)6)35-82(13,14)119-68)73(107)97-63(32-54-36-88-59-26-20-19-25-56(54)59)75(109)99-66(78(112)117-15)39-121-42-91-51(9)103/h16-20,23-26,36-37,40,49,60-66,88H,21-22,27-35,38-39,41-42H2,1-15H3,(H,85,89)(H,90,102)(H,91,103)(H,92,111)(H,93,104)(H,94,108)(H,95,105)(H,96,110)(H,97,107)(H,98,106)(H,99,109)(H3,83,86,100)(H3,84,87,101)/t49-,60+,61+,62-,63+,64+,65+,66+/m1/s1. The average molecular weight is 1780 g/mol. The predicted octanol–water partition coefficient (Wildman–Crippen LogP) is 2.51. The monoisotopic (exact) mass is 1780 g/mol. The lowest BCUT2D eigenvalue weighted by molar-refractivity contribution is -0.144. The van der Waals surface area contributed by atoms with Gasteiger partial charge in [-0.15, -0.1) is 23.5 Å². The largest absolute Gasteiger partial charge is 0.487 e. The van der Waals surface area contributed by atoms with Gasteiger partial charge in [0.15, 0.2) is 0 Å². The molecule has 2 aromatic heterocycles. The first-order chi connectivity index (χ1) is 57.9. The summed E-state index contributed by atoms with van der Waals surface area (Å²) in [5, 5.41) is 50.1. The topological polar surface area (TPSA) is 544 Å². The summed E-state index contributed by atoms with van der Waals surface area (Å²) in [6, 6.07) is 3.71. The highest BCUT2D eigenvalue weighted by atomic mass is 32.2. The summed E-state index contributed by atoms with van der Waals surface area (Å²) >= 11 is 2.12. The van der Waals surface area contributed by atoms with Gasteiger partial charge >= 0.3 is 5.97 Å². The van der Waals surface area contributed by atoms with Crippen LogP contribution in [0.4, 0.5) is 0 Å². The smallest absolute Gasteiger partial charge is 0.329 e. The fourth-order valence-electron chi connectivity index (χ4n) is 14.4. The van der Waals surface area contributed by atoms with Crippen molar-refractivity contribution in [3.63, 3.8) is 0 Å². The molecule has 18 N–H and O–H groups in total. The summed E-state index contributed by atoms with van der Waals surface area (Å²) < 4.78 is 78.3. The maximum absolute atomic E-state index is 15.4. The number of benzene rings is 4. The SMILES string of the molecule is COC(=O)[C@H](CSCNC(C)=O)NC(=O)[C@H](Cc1c[nH]c2ccccc12)NC(=O)[C@H](CCCNC(=N)NS(=O)(=O)c1c(C)c(C)c2c(c1C)CC(C)(C)O2)NC(=O)[C@@H](Cc1ccccc1)NC(=O)[C@H](Cc1c[nH]cn1)NC(=O)[C@@H](C)NC(=O)[C@H](CSCNC(C)=O)NC(=O)[C@H](CCCNC(=N)NS(=O)(=O)c1c(C)c(C)c2c(c1C)CC(C)(C)O2)NC(C)=O. The number of nitrogens with one attached hydrogen (secondary N) is 18. The number of aromatic amines is 2. The number of carbonyl (C=O) groups is 11. The molecule has 0 saturated heterocycles. The molecule has 2 aliphatic heterocycles. The summed E-state index contributed by atoms with van der Waals surface area (Å²) in [5.74, 6) is -8.93. The molecular weight excluding hydrogens is 1670 g/mol. The van der Waals surface area contributed by atoms with Crippen LogP contribution in [0.5, 0.6) is 11.5 Å². The van der Waals surface area contributed by atoms with Crippen molar-refractivity contribution in [1.29, 1.82) is 10.8 Å². The van der Waals surface area contributed by atoms with Crippen LogP contribution >= 0.6 is 23.5 Å². The lowest BCUT2D eigenvalue weighted by atomic mass is 9.94. The Bertz CT molecular complexity index is 5180. The molecule has 0 spiro atoms. The number of hydrogen-bond acceptors (Lipinski definition) is 23. The van der Waals surface area contributed by atoms with Crippen LogP contribution in [-0.2, 0) is 110 Å². The minimum Gasteiger partial charge on any atom is -0.487 e. The van der Waals surface area contributed by atoms with Crippen LogP contribution in [0.2, 0.25) is 0 Å². The zero-order chi connectivity index (χ0) is 90.6. The lowest BCUT2D eigenvalue weighted by Crippen LogP contribution is -2.61. The van der Waals surface area contributed by atoms with Crippen LogP contribution in [-0.4, -0.2) is 212 Å². The maximum atomic E-state index is 15.4. The van der Waals surface area contributed by atoms with Gasteiger partial charge in [-0.25, -0.2) is 36.1 Å². The number of para-hydroxylation sites is 1. The second-order valence-electron chi connectivity index (χ2n) is 31.6. The van der Waals surface area contributed by atoms with Crippen molar-refractivity contribution in [2.45, 2.75) is 224 Å². The first-order valence-corrected chi connectivity index (χ1v) is 45.2. The van der Waals surface area contributed by atoms with Gasteiger partial charge in [0.1, 0.15) is 71.0 Å². The highest BCUT2D eigenvalue weighted by Crippen LogP contribution is 2.45. The van der Waals surface area contributed by atoms with Crippen molar-refractivity contribution in [3.8, 4) is 11.5 Å². The third-order valence-electron chi connectivity index (χ3n) is 20.7. The number of rotatable bonds is 42. The molecule has 0 radical (unpaired) electrons. The van der Waals surface area contributed by atoms with E-state index in [0.717, 1.165) is 41.8 Å². The summed E-state index contributed by atoms with van der Waals surface area (Å²) in [6.07, 6.45) is 4.14. The number of thioether (sulfide) groups is 2. The number of ether oxygens (including phenoxy) is 3. The second-order valence-corrected chi connectivity index (χ2v) is 36.9. The van der Waals surface area contributed by atoms with Crippen molar-refractivity contribution in [2.24, 2.45) is 0 Å². The fourth-order valence-corrected chi connectivity index (χ4v) is 19.2. The molecule has 41 heteroatoms. The molecule has 2 aliphatic rings. The molecule has 0 unspecified atom stereocenters. The van der Waals surface area contributed by atoms with E-state index >= 15 is 14.4 Å². The van der Waals surface area contributed by atoms with E-state index in [1.165, 1.54) is 40.2 Å². The van der Waals surface area contributed by atoms with E-state index in [0.29, 0.717) is 79.8 Å². The first kappa shape index (κ1) is 97.0. The highest BCUT2D eigenvalue weighted by Gasteiger charge is 2.41. The molecule has 668 valence electrons. The van der Waals surface area contributed by atoms with Crippen LogP contribution < -0.4 is 82.7 Å². The van der Waals surface area contributed by atoms with Crippen molar-refractivity contribution in [2.75, 3.05) is 43.5 Å². The van der Waals surface area contributed by atoms with Crippen molar-refractivity contribution < 1.29 is 83.8 Å². The molecule has 4 aromatic carbocycles. The quantitative estimate of drug-likeness (QED) is 0.00860. The molecule has 4 heterocycles. The van der Waals surface area contributed by atoms with Gasteiger partial charge in [-0.3, -0.25) is 58.8 Å². The number of sulfonamides is 2. The number of esters is 1. The minimum absolute atomic E-state index is 0.0161. The van der Waals surface area contributed by atoms with Crippen LogP contribution in [0.3, 0.4) is 0 Å². The van der Waals surface area contributed by atoms with Gasteiger partial charge < -0.3 is 88.0 Å². The predicted molar refractivity (Wildman–Crippen MR) is 464 cm³/mol. The van der Waals surface area contributed by atoms with E-state index in [2.05, 4.69) is 88.2 Å². The number of nitrogens with zero attached hydrogens (tertiary/aromatic N) is 1. The van der Waals surface area contributed by atoms with Gasteiger partial charge in [0.2, 0.25) is 71.0 Å². The fraction of sp³-hybridized carbons (Fsp3) is 0.488. The Morgan fingerprint density at radius 3 is 1.42 bits per heavy atom. The van der Waals surface area contributed by atoms with E-state index in [9.17, 15) is 55.2 Å². The summed E-state index contributed by atoms with van der Waals surface area (Å²) in [4.78, 5) is 164. The number of aromatic nitrogens is 3. The van der Waals surface area contributed by atoms with Gasteiger partial charge in [0, 0.05) is 112 Å². The summed E-state index contributed by atoms with van der Waals surface area (Å²) in [7, 11) is -7.60. The van der Waals surface area contributed by atoms with Crippen LogP contribution in [0.15, 0.2) is 83.1 Å². The van der Waals surface area contributed by atoms with Crippen molar-refractivity contribution in [1.82, 2.24) is 88.2 Å². The van der Waals surface area contributed by atoms with Gasteiger partial charge in [0.05, 0.1) is 40.7 Å². The third kappa shape index (κ3) is 27.0. The Morgan fingerprint density at radius 2 is 0.935 bits per heavy atom. The molecule has 37 nitrogen and oxygen atoms in total. The first-order valence-electron chi connectivity index (χ1n) is 39.9. The van der Waals surface area contributed by atoms with E-state index in [1.54, 1.807) is 102 Å². The number of amides is 10. The zero-order valence-electron chi connectivity index (χ0n) is 71.6. The van der Waals surface area contributed by atoms with E-state index in [4.69, 9.17) is 25.0 Å². The van der Waals surface area contributed by atoms with Gasteiger partial charge in [-0.1, -0.05) is 48.5 Å². The number of guanidine groups is 2. The average Bonchev–Trinajstić information content (AvgIpc) is 1.64. The van der Waals surface area contributed by atoms with E-state index in [-0.39, 0.29) is 103 Å². The lowest BCUT2D eigenvalue weighted by Gasteiger charge is -2.28. The van der Waals surface area contributed by atoms with E-state index in [1.807, 2.05) is 27.7 Å². The Balaban J connectivity index is 1.01. The van der Waals surface area contributed by atoms with Crippen LogP contribution in [0.25, 0.3) is 10.9 Å². The Kier molecular flexibility index (Phi) is 33.9.